The van der Waals surface area contributed by atoms with Crippen molar-refractivity contribution in [2.75, 3.05) is 6.61 Å². The summed E-state index contributed by atoms with van der Waals surface area (Å²) >= 11 is 0. The molecular weight excluding hydrogens is 180 g/mol. The van der Waals surface area contributed by atoms with Gasteiger partial charge >= 0.3 is 0 Å². The molecule has 1 saturated carbocycles. The number of nitrogens with zero attached hydrogens (tertiary/aromatic N) is 2. The van der Waals surface area contributed by atoms with Crippen LogP contribution in [0.3, 0.4) is 0 Å². The Morgan fingerprint density at radius 1 is 1.57 bits per heavy atom. The van der Waals surface area contributed by atoms with Crippen molar-refractivity contribution in [2.24, 2.45) is 0 Å². The van der Waals surface area contributed by atoms with Crippen LogP contribution in [0.4, 0.5) is 0 Å². The van der Waals surface area contributed by atoms with Gasteiger partial charge in [0, 0.05) is 12.0 Å². The van der Waals surface area contributed by atoms with Crippen LogP contribution < -0.4 is 4.74 Å². The molecule has 0 unspecified atom stereocenters. The van der Waals surface area contributed by atoms with Crippen molar-refractivity contribution >= 4 is 6.29 Å². The molecule has 0 atom stereocenters. The Morgan fingerprint density at radius 3 is 2.93 bits per heavy atom. The third-order valence-electron chi connectivity index (χ3n) is 2.10. The molecule has 14 heavy (non-hydrogen) atoms. The van der Waals surface area contributed by atoms with E-state index in [2.05, 4.69) is 9.97 Å². The molecule has 0 bridgehead atoms. The second-order valence-corrected chi connectivity index (χ2v) is 3.31. The van der Waals surface area contributed by atoms with Crippen LogP contribution >= 0.6 is 0 Å². The van der Waals surface area contributed by atoms with Gasteiger partial charge in [-0.05, 0) is 19.8 Å². The number of carbonyl (C=O) groups excluding carboxylic acids is 1. The van der Waals surface area contributed by atoms with Crippen LogP contribution in [0.15, 0.2) is 6.07 Å². The van der Waals surface area contributed by atoms with E-state index in [1.807, 2.05) is 6.92 Å². The lowest BCUT2D eigenvalue weighted by atomic mass is 10.3. The van der Waals surface area contributed by atoms with Gasteiger partial charge in [0.2, 0.25) is 5.88 Å². The van der Waals surface area contributed by atoms with Gasteiger partial charge in [-0.1, -0.05) is 0 Å². The molecule has 1 aliphatic rings. The minimum absolute atomic E-state index is 0.408. The molecule has 1 fully saturated rings. The molecule has 0 aliphatic heterocycles. The van der Waals surface area contributed by atoms with Crippen LogP contribution in [0, 0.1) is 0 Å². The summed E-state index contributed by atoms with van der Waals surface area (Å²) in [6.07, 6.45) is 2.97. The smallest absolute Gasteiger partial charge is 0.217 e. The van der Waals surface area contributed by atoms with E-state index in [4.69, 9.17) is 4.74 Å². The Kier molecular flexibility index (Phi) is 2.43. The first-order chi connectivity index (χ1) is 6.83. The maximum Gasteiger partial charge on any atom is 0.217 e. The molecular formula is C10H12N2O2. The number of hydrogen-bond donors (Lipinski definition) is 0. The first-order valence-electron chi connectivity index (χ1n) is 4.80. The monoisotopic (exact) mass is 192 g/mol. The van der Waals surface area contributed by atoms with E-state index in [9.17, 15) is 4.79 Å². The summed E-state index contributed by atoms with van der Waals surface area (Å²) in [4.78, 5) is 19.0. The topological polar surface area (TPSA) is 52.1 Å². The zero-order valence-electron chi connectivity index (χ0n) is 8.06. The molecule has 1 heterocycles. The summed E-state index contributed by atoms with van der Waals surface area (Å²) < 4.78 is 5.26. The average molecular weight is 192 g/mol. The Balaban J connectivity index is 2.30. The Labute approximate surface area is 82.3 Å². The number of aromatic nitrogens is 2. The summed E-state index contributed by atoms with van der Waals surface area (Å²) in [6.45, 7) is 2.44. The second kappa shape index (κ2) is 3.74. The predicted octanol–water partition coefficient (Wildman–Crippen LogP) is 1.57. The highest BCUT2D eigenvalue weighted by Gasteiger charge is 2.27. The highest BCUT2D eigenvalue weighted by Crippen LogP contribution is 2.38. The fourth-order valence-corrected chi connectivity index (χ4v) is 1.27. The first-order valence-corrected chi connectivity index (χ1v) is 4.80. The van der Waals surface area contributed by atoms with Gasteiger partial charge in [-0.15, -0.1) is 0 Å². The van der Waals surface area contributed by atoms with Crippen molar-refractivity contribution in [3.63, 3.8) is 0 Å². The fourth-order valence-electron chi connectivity index (χ4n) is 1.27. The van der Waals surface area contributed by atoms with Crippen molar-refractivity contribution in [3.8, 4) is 5.88 Å². The summed E-state index contributed by atoms with van der Waals surface area (Å²) in [5.41, 5.74) is 0.408. The lowest BCUT2D eigenvalue weighted by Gasteiger charge is -2.04. The van der Waals surface area contributed by atoms with Crippen LogP contribution in [0.5, 0.6) is 5.88 Å². The number of hydrogen-bond acceptors (Lipinski definition) is 4. The molecule has 4 heteroatoms. The second-order valence-electron chi connectivity index (χ2n) is 3.31. The van der Waals surface area contributed by atoms with E-state index in [-0.39, 0.29) is 0 Å². The Bertz CT molecular complexity index is 348. The van der Waals surface area contributed by atoms with Crippen LogP contribution in [-0.4, -0.2) is 22.9 Å². The van der Waals surface area contributed by atoms with Gasteiger partial charge in [-0.2, -0.15) is 4.98 Å². The van der Waals surface area contributed by atoms with Crippen molar-refractivity contribution in [1.82, 2.24) is 9.97 Å². The maximum atomic E-state index is 10.6. The van der Waals surface area contributed by atoms with E-state index in [0.717, 1.165) is 25.0 Å². The van der Waals surface area contributed by atoms with Crippen molar-refractivity contribution in [1.29, 1.82) is 0 Å². The summed E-state index contributed by atoms with van der Waals surface area (Å²) in [5, 5.41) is 0. The van der Waals surface area contributed by atoms with Crippen LogP contribution in [0.1, 0.15) is 42.0 Å². The van der Waals surface area contributed by atoms with E-state index in [0.29, 0.717) is 24.1 Å². The predicted molar refractivity (Wildman–Crippen MR) is 50.6 cm³/mol. The molecule has 1 aromatic rings. The van der Waals surface area contributed by atoms with Crippen LogP contribution in [0.2, 0.25) is 0 Å². The normalized spacial score (nSPS) is 15.2. The van der Waals surface area contributed by atoms with Gasteiger partial charge in [-0.25, -0.2) is 4.98 Å². The fraction of sp³-hybridized carbons (Fsp3) is 0.500. The van der Waals surface area contributed by atoms with E-state index >= 15 is 0 Å². The first kappa shape index (κ1) is 9.12. The average Bonchev–Trinajstić information content (AvgIpc) is 3.01. The van der Waals surface area contributed by atoms with Crippen molar-refractivity contribution in [3.05, 3.63) is 17.6 Å². The van der Waals surface area contributed by atoms with Gasteiger partial charge in [0.1, 0.15) is 11.5 Å². The highest BCUT2D eigenvalue weighted by molar-refractivity contribution is 5.72. The van der Waals surface area contributed by atoms with Crippen LogP contribution in [-0.2, 0) is 0 Å². The lowest BCUT2D eigenvalue weighted by Crippen LogP contribution is -2.02. The molecule has 1 aliphatic carbocycles. The summed E-state index contributed by atoms with van der Waals surface area (Å²) in [7, 11) is 0. The van der Waals surface area contributed by atoms with Gasteiger partial charge in [0.25, 0.3) is 0 Å². The number of rotatable bonds is 4. The molecule has 0 aromatic carbocycles. The molecule has 74 valence electrons. The number of ether oxygens (including phenoxy) is 1. The largest absolute Gasteiger partial charge is 0.478 e. The SMILES string of the molecule is CCOc1cc(C=O)nc(C2CC2)n1. The number of aldehydes is 1. The zero-order valence-corrected chi connectivity index (χ0v) is 8.06. The lowest BCUT2D eigenvalue weighted by molar-refractivity contribution is 0.111. The minimum Gasteiger partial charge on any atom is -0.478 e. The van der Waals surface area contributed by atoms with Crippen molar-refractivity contribution in [2.45, 2.75) is 25.7 Å². The zero-order chi connectivity index (χ0) is 9.97. The van der Waals surface area contributed by atoms with E-state index < -0.39 is 0 Å². The van der Waals surface area contributed by atoms with Gasteiger partial charge in [0.15, 0.2) is 6.29 Å². The standard InChI is InChI=1S/C10H12N2O2/c1-2-14-9-5-8(6-13)11-10(12-9)7-3-4-7/h5-7H,2-4H2,1H3. The molecule has 0 amide bonds. The molecule has 1 aromatic heterocycles. The highest BCUT2D eigenvalue weighted by atomic mass is 16.5. The van der Waals surface area contributed by atoms with E-state index in [1.165, 1.54) is 0 Å². The van der Waals surface area contributed by atoms with Gasteiger partial charge in [0.05, 0.1) is 6.61 Å². The molecule has 0 radical (unpaired) electrons. The molecule has 0 N–H and O–H groups in total. The van der Waals surface area contributed by atoms with Crippen molar-refractivity contribution < 1.29 is 9.53 Å². The number of carbonyl (C=O) groups is 1. The van der Waals surface area contributed by atoms with Gasteiger partial charge in [-0.3, -0.25) is 4.79 Å². The summed E-state index contributed by atoms with van der Waals surface area (Å²) in [6, 6.07) is 1.57. The maximum absolute atomic E-state index is 10.6. The Hall–Kier alpha value is -1.45. The molecule has 0 spiro atoms. The Morgan fingerprint density at radius 2 is 2.36 bits per heavy atom. The van der Waals surface area contributed by atoms with Gasteiger partial charge < -0.3 is 4.74 Å². The van der Waals surface area contributed by atoms with Crippen LogP contribution in [0.25, 0.3) is 0 Å². The third kappa shape index (κ3) is 1.89. The van der Waals surface area contributed by atoms with E-state index in [1.54, 1.807) is 6.07 Å². The molecule has 2 rings (SSSR count). The summed E-state index contributed by atoms with van der Waals surface area (Å²) in [5.74, 6) is 1.69. The minimum atomic E-state index is 0.408. The molecule has 4 nitrogen and oxygen atoms in total. The third-order valence-corrected chi connectivity index (χ3v) is 2.10. The quantitative estimate of drug-likeness (QED) is 0.679. The molecule has 0 saturated heterocycles.